The molecule has 0 saturated heterocycles. The van der Waals surface area contributed by atoms with E-state index in [1.54, 1.807) is 0 Å². The zero-order valence-corrected chi connectivity index (χ0v) is 19.7. The van der Waals surface area contributed by atoms with Crippen molar-refractivity contribution in [3.05, 3.63) is 59.0 Å². The van der Waals surface area contributed by atoms with Gasteiger partial charge in [0.15, 0.2) is 8.32 Å². The number of carbonyl (C=O) groups is 1. The first kappa shape index (κ1) is 23.6. The zero-order valence-electron chi connectivity index (χ0n) is 18.7. The van der Waals surface area contributed by atoms with E-state index in [4.69, 9.17) is 8.84 Å². The molecule has 0 saturated carbocycles. The Morgan fingerprint density at radius 2 is 1.77 bits per heavy atom. The molecule has 30 heavy (non-hydrogen) atoms. The van der Waals surface area contributed by atoms with Gasteiger partial charge < -0.3 is 8.84 Å². The Balaban J connectivity index is 2.54. The highest BCUT2D eigenvalue weighted by atomic mass is 28.4. The third-order valence-corrected chi connectivity index (χ3v) is 10.2. The Bertz CT molecular complexity index is 945. The molecule has 0 fully saturated rings. The Morgan fingerprint density at radius 3 is 2.27 bits per heavy atom. The Morgan fingerprint density at radius 1 is 1.17 bits per heavy atom. The molecule has 2 aromatic rings. The van der Waals surface area contributed by atoms with Crippen LogP contribution in [0.5, 0.6) is 0 Å². The summed E-state index contributed by atoms with van der Waals surface area (Å²) in [6.45, 7) is 12.7. The van der Waals surface area contributed by atoms with Crippen molar-refractivity contribution in [1.29, 1.82) is 10.5 Å². The molecular weight excluding hydrogens is 392 g/mol. The lowest BCUT2D eigenvalue weighted by atomic mass is 9.84. The predicted molar refractivity (Wildman–Crippen MR) is 118 cm³/mol. The summed E-state index contributed by atoms with van der Waals surface area (Å²) in [6, 6.07) is 15.5. The lowest BCUT2D eigenvalue weighted by Crippen LogP contribution is -2.40. The molecule has 5 nitrogen and oxygen atoms in total. The minimum atomic E-state index is -2.03. The van der Waals surface area contributed by atoms with Gasteiger partial charge in [-0.05, 0) is 36.7 Å². The molecule has 0 N–H and O–H groups in total. The van der Waals surface area contributed by atoms with E-state index in [2.05, 4.69) is 46.0 Å². The molecule has 1 aromatic heterocycles. The van der Waals surface area contributed by atoms with Gasteiger partial charge in [0.2, 0.25) is 0 Å². The van der Waals surface area contributed by atoms with Crippen LogP contribution < -0.4 is 0 Å². The van der Waals surface area contributed by atoms with Gasteiger partial charge in [0, 0.05) is 5.56 Å². The van der Waals surface area contributed by atoms with Crippen LogP contribution in [0, 0.1) is 28.6 Å². The number of nitrogens with zero attached hydrogens (tertiary/aromatic N) is 2. The number of benzene rings is 1. The van der Waals surface area contributed by atoms with E-state index in [0.29, 0.717) is 18.1 Å². The lowest BCUT2D eigenvalue weighted by Gasteiger charge is -2.36. The van der Waals surface area contributed by atoms with Crippen molar-refractivity contribution in [2.75, 3.05) is 0 Å². The van der Waals surface area contributed by atoms with E-state index in [9.17, 15) is 15.3 Å². The van der Waals surface area contributed by atoms with Gasteiger partial charge in [-0.3, -0.25) is 4.79 Å². The van der Waals surface area contributed by atoms with E-state index in [1.165, 1.54) is 6.92 Å². The third kappa shape index (κ3) is 5.47. The van der Waals surface area contributed by atoms with Gasteiger partial charge in [0.05, 0.1) is 31.1 Å². The van der Waals surface area contributed by atoms with Gasteiger partial charge in [-0.1, -0.05) is 51.1 Å². The fraction of sp³-hybridized carbons (Fsp3) is 0.458. The topological polar surface area (TPSA) is 87.0 Å². The Kier molecular flexibility index (Phi) is 7.42. The summed E-state index contributed by atoms with van der Waals surface area (Å²) in [4.78, 5) is 11.7. The Hall–Kier alpha value is -2.67. The molecule has 0 aliphatic rings. The van der Waals surface area contributed by atoms with Crippen LogP contribution in [0.15, 0.2) is 40.8 Å². The highest BCUT2D eigenvalue weighted by molar-refractivity contribution is 6.74. The highest BCUT2D eigenvalue weighted by Gasteiger charge is 2.38. The van der Waals surface area contributed by atoms with Crippen LogP contribution in [0.4, 0.5) is 0 Å². The first-order valence-corrected chi connectivity index (χ1v) is 13.0. The molecule has 158 valence electrons. The van der Waals surface area contributed by atoms with E-state index in [0.717, 1.165) is 11.1 Å². The van der Waals surface area contributed by atoms with Crippen LogP contribution in [0.1, 0.15) is 56.3 Å². The molecule has 0 unspecified atom stereocenters. The summed E-state index contributed by atoms with van der Waals surface area (Å²) in [7, 11) is -2.03. The van der Waals surface area contributed by atoms with Gasteiger partial charge in [-0.15, -0.1) is 0 Å². The maximum atomic E-state index is 11.7. The molecule has 1 heterocycles. The molecule has 1 aromatic carbocycles. The fourth-order valence-corrected chi connectivity index (χ4v) is 3.97. The monoisotopic (exact) mass is 422 g/mol. The molecule has 1 atom stereocenters. The molecule has 0 aliphatic heterocycles. The average Bonchev–Trinajstić information content (AvgIpc) is 3.05. The average molecular weight is 423 g/mol. The minimum absolute atomic E-state index is 0.0134. The molecule has 6 heteroatoms. The number of hydrogen-bond acceptors (Lipinski definition) is 5. The lowest BCUT2D eigenvalue weighted by molar-refractivity contribution is -0.116. The van der Waals surface area contributed by atoms with Crippen molar-refractivity contribution in [2.45, 2.75) is 64.8 Å². The van der Waals surface area contributed by atoms with Crippen LogP contribution in [0.25, 0.3) is 0 Å². The van der Waals surface area contributed by atoms with Gasteiger partial charge in [-0.25, -0.2) is 0 Å². The summed E-state index contributed by atoms with van der Waals surface area (Å²) < 4.78 is 12.5. The number of ketones is 1. The summed E-state index contributed by atoms with van der Waals surface area (Å²) >= 11 is 0. The zero-order chi connectivity index (χ0) is 22.5. The van der Waals surface area contributed by atoms with Crippen molar-refractivity contribution < 1.29 is 13.6 Å². The summed E-state index contributed by atoms with van der Waals surface area (Å²) in [5, 5.41) is 19.3. The van der Waals surface area contributed by atoms with E-state index in [-0.39, 0.29) is 17.2 Å². The van der Waals surface area contributed by atoms with Gasteiger partial charge in [0.1, 0.15) is 23.2 Å². The smallest absolute Gasteiger partial charge is 0.192 e. The first-order valence-electron chi connectivity index (χ1n) is 10.1. The third-order valence-electron chi connectivity index (χ3n) is 5.76. The maximum absolute atomic E-state index is 11.7. The quantitative estimate of drug-likeness (QED) is 0.507. The maximum Gasteiger partial charge on any atom is 0.192 e. The number of rotatable bonds is 8. The van der Waals surface area contributed by atoms with Crippen molar-refractivity contribution >= 4 is 14.1 Å². The number of nitriles is 2. The first-order chi connectivity index (χ1) is 14.0. The fourth-order valence-electron chi connectivity index (χ4n) is 3.02. The van der Waals surface area contributed by atoms with Crippen LogP contribution >= 0.6 is 0 Å². The normalized spacial score (nSPS) is 13.0. The van der Waals surface area contributed by atoms with Gasteiger partial charge >= 0.3 is 0 Å². The second-order valence-corrected chi connectivity index (χ2v) is 14.0. The number of furan rings is 1. The van der Waals surface area contributed by atoms with E-state index in [1.807, 2.05) is 36.4 Å². The second kappa shape index (κ2) is 9.43. The van der Waals surface area contributed by atoms with Crippen LogP contribution in [-0.4, -0.2) is 14.1 Å². The summed E-state index contributed by atoms with van der Waals surface area (Å²) in [5.74, 6) is -0.429. The van der Waals surface area contributed by atoms with E-state index >= 15 is 0 Å². The molecular formula is C24H30N2O3Si. The largest absolute Gasteiger partial charge is 0.464 e. The number of Topliss-reactive ketones (excluding diaryl/α,β-unsaturated/α-hetero) is 1. The summed E-state index contributed by atoms with van der Waals surface area (Å²) in [5.41, 5.74) is 1.61. The molecule has 2 rings (SSSR count). The highest BCUT2D eigenvalue weighted by Crippen LogP contribution is 2.39. The number of carbonyl (C=O) groups excluding carboxylic acids is 1. The molecule has 0 radical (unpaired) electrons. The van der Waals surface area contributed by atoms with Gasteiger partial charge in [-0.2, -0.15) is 10.5 Å². The van der Waals surface area contributed by atoms with Gasteiger partial charge in [0.25, 0.3) is 0 Å². The SMILES string of the molecule is CC(=O)Cc1cc(CO[Si](C)(C)C(C)(C)C)c([C@@H](c2ccccc2)C(C#N)C#N)o1. The predicted octanol–water partition coefficient (Wildman–Crippen LogP) is 5.73. The van der Waals surface area contributed by atoms with Crippen molar-refractivity contribution in [3.63, 3.8) is 0 Å². The Labute approximate surface area is 180 Å². The van der Waals surface area contributed by atoms with Crippen LogP contribution in [0.2, 0.25) is 18.1 Å². The number of hydrogen-bond donors (Lipinski definition) is 0. The molecule has 0 aliphatic carbocycles. The molecule has 0 spiro atoms. The molecule has 0 amide bonds. The van der Waals surface area contributed by atoms with Crippen molar-refractivity contribution in [2.24, 2.45) is 5.92 Å². The molecule has 0 bridgehead atoms. The van der Waals surface area contributed by atoms with Crippen molar-refractivity contribution in [3.8, 4) is 12.1 Å². The standard InChI is InChI=1S/C24H30N2O3Si/c1-17(27)12-21-13-19(16-28-30(5,6)24(2,3)4)23(29-21)22(20(14-25)15-26)18-10-8-7-9-11-18/h7-11,13,20,22H,12,16H2,1-6H3/t22-/m0/s1. The van der Waals surface area contributed by atoms with Crippen molar-refractivity contribution in [1.82, 2.24) is 0 Å². The van der Waals surface area contributed by atoms with Crippen LogP contribution in [-0.2, 0) is 22.2 Å². The van der Waals surface area contributed by atoms with E-state index < -0.39 is 20.2 Å². The second-order valence-electron chi connectivity index (χ2n) is 9.15. The minimum Gasteiger partial charge on any atom is -0.464 e. The summed E-state index contributed by atoms with van der Waals surface area (Å²) in [6.07, 6.45) is 0.165. The van der Waals surface area contributed by atoms with Crippen LogP contribution in [0.3, 0.4) is 0 Å².